The summed E-state index contributed by atoms with van der Waals surface area (Å²) in [4.78, 5) is 12.9. The average molecular weight is 221 g/mol. The fraction of sp³-hybridized carbons (Fsp3) is 0.364. The molecule has 1 aliphatic heterocycles. The number of primary amides is 1. The lowest BCUT2D eigenvalue weighted by molar-refractivity contribution is 0.198. The van der Waals surface area contributed by atoms with E-state index < -0.39 is 6.03 Å². The van der Waals surface area contributed by atoms with Crippen molar-refractivity contribution in [3.05, 3.63) is 29.3 Å². The van der Waals surface area contributed by atoms with Crippen LogP contribution in [0.15, 0.2) is 18.2 Å². The highest BCUT2D eigenvalue weighted by Crippen LogP contribution is 2.25. The zero-order valence-corrected chi connectivity index (χ0v) is 8.94. The van der Waals surface area contributed by atoms with E-state index in [0.29, 0.717) is 6.54 Å². The number of aliphatic hydroxyl groups excluding tert-OH is 1. The van der Waals surface area contributed by atoms with Gasteiger partial charge in [0.2, 0.25) is 0 Å². The summed E-state index contributed by atoms with van der Waals surface area (Å²) in [5, 5.41) is 11.4. The highest BCUT2D eigenvalue weighted by atomic mass is 16.3. The number of carbonyl (C=O) groups is 1. The largest absolute Gasteiger partial charge is 0.395 e. The first-order valence-electron chi connectivity index (χ1n) is 5.20. The molecule has 1 aliphatic rings. The molecule has 0 saturated heterocycles. The first kappa shape index (κ1) is 10.9. The molecule has 0 spiro atoms. The minimum absolute atomic E-state index is 0.167. The summed E-state index contributed by atoms with van der Waals surface area (Å²) in [5.41, 5.74) is 8.19. The number of carbonyl (C=O) groups excluding carboxylic acids is 1. The van der Waals surface area contributed by atoms with E-state index in [1.165, 1.54) is 11.1 Å². The predicted molar refractivity (Wildman–Crippen MR) is 60.8 cm³/mol. The summed E-state index contributed by atoms with van der Waals surface area (Å²) in [5.74, 6) is 0. The van der Waals surface area contributed by atoms with Gasteiger partial charge in [0.25, 0.3) is 0 Å². The number of nitrogens with one attached hydrogen (secondary N) is 1. The maximum Gasteiger partial charge on any atom is 0.316 e. The molecule has 0 unspecified atom stereocenters. The summed E-state index contributed by atoms with van der Waals surface area (Å²) in [7, 11) is 0. The first-order chi connectivity index (χ1) is 7.69. The van der Waals surface area contributed by atoms with Gasteiger partial charge in [-0.2, -0.15) is 0 Å². The number of nitrogens with two attached hydrogens (primary N) is 1. The lowest BCUT2D eigenvalue weighted by Gasteiger charge is -2.11. The molecular weight excluding hydrogens is 206 g/mol. The zero-order valence-electron chi connectivity index (χ0n) is 8.94. The number of amides is 2. The van der Waals surface area contributed by atoms with E-state index in [4.69, 9.17) is 10.8 Å². The Morgan fingerprint density at radius 3 is 2.88 bits per heavy atom. The van der Waals surface area contributed by atoms with Gasteiger partial charge in [-0.05, 0) is 23.3 Å². The monoisotopic (exact) mass is 221 g/mol. The van der Waals surface area contributed by atoms with E-state index in [2.05, 4.69) is 10.2 Å². The van der Waals surface area contributed by atoms with E-state index in [1.807, 2.05) is 18.2 Å². The average Bonchev–Trinajstić information content (AvgIpc) is 2.59. The molecule has 1 aromatic rings. The van der Waals surface area contributed by atoms with Crippen molar-refractivity contribution in [3.8, 4) is 0 Å². The van der Waals surface area contributed by atoms with Crippen LogP contribution in [0.1, 0.15) is 11.1 Å². The Morgan fingerprint density at radius 2 is 2.19 bits per heavy atom. The third-order valence-corrected chi connectivity index (χ3v) is 2.68. The molecule has 16 heavy (non-hydrogen) atoms. The number of hydrogen-bond donors (Lipinski definition) is 3. The van der Waals surface area contributed by atoms with E-state index in [9.17, 15) is 4.79 Å². The van der Waals surface area contributed by atoms with Gasteiger partial charge in [0.1, 0.15) is 0 Å². The summed E-state index contributed by atoms with van der Waals surface area (Å²) in [6.07, 6.45) is 0. The van der Waals surface area contributed by atoms with Crippen LogP contribution in [0.4, 0.5) is 10.5 Å². The zero-order chi connectivity index (χ0) is 11.5. The van der Waals surface area contributed by atoms with Crippen LogP contribution in [0.2, 0.25) is 0 Å². The molecule has 5 nitrogen and oxygen atoms in total. The number of nitrogens with zero attached hydrogens (tertiary/aromatic N) is 1. The fourth-order valence-corrected chi connectivity index (χ4v) is 1.98. The first-order valence-corrected chi connectivity index (χ1v) is 5.20. The summed E-state index contributed by atoms with van der Waals surface area (Å²) in [6, 6.07) is 5.20. The standard InChI is InChI=1S/C11H15N3O2/c12-11(16)13-10-2-1-8-6-14(3-4-15)7-9(8)5-10/h1-2,5,15H,3-4,6-7H2,(H3,12,13,16). The topological polar surface area (TPSA) is 78.6 Å². The lowest BCUT2D eigenvalue weighted by Crippen LogP contribution is -2.20. The molecule has 0 saturated carbocycles. The molecule has 4 N–H and O–H groups in total. The number of hydrogen-bond acceptors (Lipinski definition) is 3. The molecule has 0 atom stereocenters. The van der Waals surface area contributed by atoms with E-state index >= 15 is 0 Å². The number of anilines is 1. The smallest absolute Gasteiger partial charge is 0.316 e. The van der Waals surface area contributed by atoms with Gasteiger partial charge in [-0.25, -0.2) is 4.79 Å². The number of rotatable bonds is 3. The minimum atomic E-state index is -0.551. The molecule has 2 amide bonds. The molecular formula is C11H15N3O2. The van der Waals surface area contributed by atoms with E-state index in [-0.39, 0.29) is 6.61 Å². The van der Waals surface area contributed by atoms with E-state index in [1.54, 1.807) is 0 Å². The van der Waals surface area contributed by atoms with Gasteiger partial charge in [-0.3, -0.25) is 4.90 Å². The van der Waals surface area contributed by atoms with Crippen molar-refractivity contribution in [2.24, 2.45) is 5.73 Å². The van der Waals surface area contributed by atoms with Crippen molar-refractivity contribution in [1.82, 2.24) is 4.90 Å². The van der Waals surface area contributed by atoms with Crippen molar-refractivity contribution < 1.29 is 9.90 Å². The number of fused-ring (bicyclic) bond motifs is 1. The Morgan fingerprint density at radius 1 is 1.44 bits per heavy atom. The normalized spacial score (nSPS) is 14.8. The second kappa shape index (κ2) is 4.51. The van der Waals surface area contributed by atoms with Crippen LogP contribution in [0, 0.1) is 0 Å². The van der Waals surface area contributed by atoms with Crippen molar-refractivity contribution in [2.75, 3.05) is 18.5 Å². The quantitative estimate of drug-likeness (QED) is 0.694. The summed E-state index contributed by atoms with van der Waals surface area (Å²) in [6.45, 7) is 2.50. The lowest BCUT2D eigenvalue weighted by atomic mass is 10.1. The molecule has 0 bridgehead atoms. The van der Waals surface area contributed by atoms with Crippen LogP contribution in [0.25, 0.3) is 0 Å². The summed E-state index contributed by atoms with van der Waals surface area (Å²) >= 11 is 0. The molecule has 0 radical (unpaired) electrons. The Hall–Kier alpha value is -1.59. The highest BCUT2D eigenvalue weighted by Gasteiger charge is 2.18. The maximum atomic E-state index is 10.7. The van der Waals surface area contributed by atoms with Gasteiger partial charge in [0.05, 0.1) is 6.61 Å². The molecule has 86 valence electrons. The second-order valence-corrected chi connectivity index (χ2v) is 3.91. The van der Waals surface area contributed by atoms with Crippen molar-refractivity contribution in [3.63, 3.8) is 0 Å². The number of urea groups is 1. The second-order valence-electron chi connectivity index (χ2n) is 3.91. The Labute approximate surface area is 93.9 Å². The van der Waals surface area contributed by atoms with Gasteiger partial charge in [0.15, 0.2) is 0 Å². The van der Waals surface area contributed by atoms with Crippen molar-refractivity contribution >= 4 is 11.7 Å². The van der Waals surface area contributed by atoms with Crippen LogP contribution in [0.5, 0.6) is 0 Å². The van der Waals surface area contributed by atoms with Crippen LogP contribution < -0.4 is 11.1 Å². The summed E-state index contributed by atoms with van der Waals surface area (Å²) < 4.78 is 0. The van der Waals surface area contributed by atoms with Crippen molar-refractivity contribution in [2.45, 2.75) is 13.1 Å². The third-order valence-electron chi connectivity index (χ3n) is 2.68. The minimum Gasteiger partial charge on any atom is -0.395 e. The van der Waals surface area contributed by atoms with Gasteiger partial charge >= 0.3 is 6.03 Å². The Balaban J connectivity index is 2.11. The molecule has 0 aromatic heterocycles. The van der Waals surface area contributed by atoms with Gasteiger partial charge in [0, 0.05) is 25.3 Å². The van der Waals surface area contributed by atoms with Crippen LogP contribution in [-0.4, -0.2) is 29.2 Å². The molecule has 1 aromatic carbocycles. The number of aliphatic hydroxyl groups is 1. The SMILES string of the molecule is NC(=O)Nc1ccc2c(c1)CN(CCO)C2. The number of benzene rings is 1. The molecule has 5 heteroatoms. The van der Waals surface area contributed by atoms with Crippen LogP contribution in [0.3, 0.4) is 0 Å². The third kappa shape index (κ3) is 2.32. The fourth-order valence-electron chi connectivity index (χ4n) is 1.98. The molecule has 1 heterocycles. The van der Waals surface area contributed by atoms with Gasteiger partial charge in [-0.1, -0.05) is 6.07 Å². The molecule has 0 aliphatic carbocycles. The van der Waals surface area contributed by atoms with Gasteiger partial charge < -0.3 is 16.2 Å². The highest BCUT2D eigenvalue weighted by molar-refractivity contribution is 5.87. The van der Waals surface area contributed by atoms with Crippen LogP contribution in [-0.2, 0) is 13.1 Å². The van der Waals surface area contributed by atoms with Crippen molar-refractivity contribution in [1.29, 1.82) is 0 Å². The Bertz CT molecular complexity index is 406. The number of β-amino-alcohol motifs (C(OH)–C–C–N with tert-alkyl or cyclic N) is 1. The predicted octanol–water partition coefficient (Wildman–Crippen LogP) is 0.485. The molecule has 0 fully saturated rings. The van der Waals surface area contributed by atoms with Crippen LogP contribution >= 0.6 is 0 Å². The maximum absolute atomic E-state index is 10.7. The van der Waals surface area contributed by atoms with Gasteiger partial charge in [-0.15, -0.1) is 0 Å². The molecule has 2 rings (SSSR count). The Kier molecular flexibility index (Phi) is 3.07. The van der Waals surface area contributed by atoms with E-state index in [0.717, 1.165) is 18.8 Å².